The number of halogens is 1. The Morgan fingerprint density at radius 2 is 1.84 bits per heavy atom. The van der Waals surface area contributed by atoms with Gasteiger partial charge in [-0.3, -0.25) is 10.1 Å². The Morgan fingerprint density at radius 3 is 2.45 bits per heavy atom. The molecule has 1 saturated heterocycles. The van der Waals surface area contributed by atoms with E-state index in [1.807, 2.05) is 18.2 Å². The summed E-state index contributed by atoms with van der Waals surface area (Å²) in [7, 11) is -3.46. The minimum Gasteiger partial charge on any atom is -0.483 e. The number of hydrogen-bond donors (Lipinski definition) is 2. The van der Waals surface area contributed by atoms with Gasteiger partial charge in [0, 0.05) is 18.8 Å². The van der Waals surface area contributed by atoms with Crippen molar-refractivity contribution in [3.63, 3.8) is 0 Å². The van der Waals surface area contributed by atoms with Gasteiger partial charge in [0.1, 0.15) is 5.75 Å². The van der Waals surface area contributed by atoms with Crippen molar-refractivity contribution in [3.05, 3.63) is 52.5 Å². The Hall–Kier alpha value is -2.01. The van der Waals surface area contributed by atoms with E-state index in [0.717, 1.165) is 29.3 Å². The van der Waals surface area contributed by atoms with Crippen LogP contribution in [0.5, 0.6) is 5.75 Å². The number of aryl methyl sites for hydroxylation is 1. The van der Waals surface area contributed by atoms with Crippen molar-refractivity contribution in [1.29, 1.82) is 0 Å². The summed E-state index contributed by atoms with van der Waals surface area (Å²) < 4.78 is 32.9. The van der Waals surface area contributed by atoms with Gasteiger partial charge in [0.05, 0.1) is 9.37 Å². The first-order chi connectivity index (χ1) is 14.8. The van der Waals surface area contributed by atoms with Crippen LogP contribution in [-0.2, 0) is 21.2 Å². The summed E-state index contributed by atoms with van der Waals surface area (Å²) >= 11 is 8.59. The molecular weight excluding hydrogens is 502 g/mol. The molecule has 0 unspecified atom stereocenters. The molecule has 1 aliphatic heterocycles. The van der Waals surface area contributed by atoms with Crippen LogP contribution in [0.4, 0.5) is 5.69 Å². The highest BCUT2D eigenvalue weighted by molar-refractivity contribution is 9.10. The van der Waals surface area contributed by atoms with Crippen LogP contribution in [0.1, 0.15) is 25.3 Å². The van der Waals surface area contributed by atoms with Gasteiger partial charge in [-0.1, -0.05) is 13.0 Å². The average Bonchev–Trinajstić information content (AvgIpc) is 3.29. The van der Waals surface area contributed by atoms with Gasteiger partial charge in [0.25, 0.3) is 5.91 Å². The highest BCUT2D eigenvalue weighted by Crippen LogP contribution is 2.26. The summed E-state index contributed by atoms with van der Waals surface area (Å²) in [5.41, 5.74) is 1.73. The summed E-state index contributed by atoms with van der Waals surface area (Å²) in [4.78, 5) is 12.4. The summed E-state index contributed by atoms with van der Waals surface area (Å²) in [5.74, 6) is 0.165. The van der Waals surface area contributed by atoms with Gasteiger partial charge in [0.2, 0.25) is 10.0 Å². The smallest absolute Gasteiger partial charge is 0.264 e. The molecule has 0 saturated carbocycles. The summed E-state index contributed by atoms with van der Waals surface area (Å²) in [6.45, 7) is 2.97. The third-order valence-electron chi connectivity index (χ3n) is 4.83. The van der Waals surface area contributed by atoms with E-state index in [9.17, 15) is 13.2 Å². The van der Waals surface area contributed by atoms with Crippen molar-refractivity contribution in [2.45, 2.75) is 31.1 Å². The fraction of sp³-hybridized carbons (Fsp3) is 0.333. The number of thiocarbonyl (C=S) groups is 1. The molecule has 2 aromatic rings. The molecule has 1 fully saturated rings. The number of nitrogens with zero attached hydrogens (tertiary/aromatic N) is 1. The van der Waals surface area contributed by atoms with Gasteiger partial charge in [-0.25, -0.2) is 8.42 Å². The normalized spacial score (nSPS) is 14.3. The van der Waals surface area contributed by atoms with Crippen molar-refractivity contribution in [3.8, 4) is 5.75 Å². The molecule has 2 aromatic carbocycles. The van der Waals surface area contributed by atoms with Gasteiger partial charge in [-0.2, -0.15) is 4.31 Å². The lowest BCUT2D eigenvalue weighted by atomic mass is 10.2. The molecule has 1 aliphatic rings. The van der Waals surface area contributed by atoms with Gasteiger partial charge < -0.3 is 10.1 Å². The number of nitrogens with one attached hydrogen (secondary N) is 2. The summed E-state index contributed by atoms with van der Waals surface area (Å²) in [6, 6.07) is 12.0. The maximum atomic E-state index is 12.6. The van der Waals surface area contributed by atoms with Crippen LogP contribution >= 0.6 is 28.1 Å². The first-order valence-electron chi connectivity index (χ1n) is 9.92. The minimum absolute atomic E-state index is 0.101. The van der Waals surface area contributed by atoms with Crippen LogP contribution in [0.2, 0.25) is 0 Å². The van der Waals surface area contributed by atoms with Crippen molar-refractivity contribution < 1.29 is 17.9 Å². The third-order valence-corrected chi connectivity index (χ3v) is 7.57. The van der Waals surface area contributed by atoms with Crippen molar-refractivity contribution in [2.24, 2.45) is 0 Å². The first-order valence-corrected chi connectivity index (χ1v) is 12.6. The molecule has 7 nitrogen and oxygen atoms in total. The van der Waals surface area contributed by atoms with Gasteiger partial charge in [-0.15, -0.1) is 0 Å². The van der Waals surface area contributed by atoms with Gasteiger partial charge in [0.15, 0.2) is 11.7 Å². The molecule has 10 heteroatoms. The average molecular weight is 526 g/mol. The second kappa shape index (κ2) is 10.5. The van der Waals surface area contributed by atoms with Crippen LogP contribution in [0, 0.1) is 0 Å². The van der Waals surface area contributed by atoms with Crippen LogP contribution in [0.25, 0.3) is 0 Å². The van der Waals surface area contributed by atoms with Gasteiger partial charge in [-0.05, 0) is 89.4 Å². The van der Waals surface area contributed by atoms with Crippen molar-refractivity contribution in [1.82, 2.24) is 9.62 Å². The molecule has 1 heterocycles. The Bertz CT molecular complexity index is 1050. The summed E-state index contributed by atoms with van der Waals surface area (Å²) in [6.07, 6.45) is 2.68. The lowest BCUT2D eigenvalue weighted by Crippen LogP contribution is -2.37. The number of carbonyl (C=O) groups excluding carboxylic acids is 1. The van der Waals surface area contributed by atoms with E-state index >= 15 is 0 Å². The number of carbonyl (C=O) groups is 1. The third kappa shape index (κ3) is 6.25. The number of benzene rings is 2. The number of amides is 1. The number of hydrogen-bond acceptors (Lipinski definition) is 5. The Morgan fingerprint density at radius 1 is 1.16 bits per heavy atom. The van der Waals surface area contributed by atoms with E-state index in [1.165, 1.54) is 16.4 Å². The molecule has 166 valence electrons. The molecule has 0 bridgehead atoms. The van der Waals surface area contributed by atoms with E-state index in [2.05, 4.69) is 33.5 Å². The molecule has 0 radical (unpaired) electrons. The highest BCUT2D eigenvalue weighted by Gasteiger charge is 2.26. The molecule has 0 spiro atoms. The predicted molar refractivity (Wildman–Crippen MR) is 128 cm³/mol. The zero-order valence-corrected chi connectivity index (χ0v) is 20.3. The lowest BCUT2D eigenvalue weighted by Gasteiger charge is -2.16. The fourth-order valence-corrected chi connectivity index (χ4v) is 5.43. The van der Waals surface area contributed by atoms with E-state index in [0.29, 0.717) is 24.5 Å². The van der Waals surface area contributed by atoms with Crippen LogP contribution in [-0.4, -0.2) is 43.4 Å². The second-order valence-corrected chi connectivity index (χ2v) is 10.2. The number of sulfonamides is 1. The maximum absolute atomic E-state index is 12.6. The molecule has 2 N–H and O–H groups in total. The molecule has 1 amide bonds. The zero-order valence-electron chi connectivity index (χ0n) is 17.1. The van der Waals surface area contributed by atoms with E-state index < -0.39 is 15.9 Å². The molecule has 3 rings (SSSR count). The largest absolute Gasteiger partial charge is 0.483 e. The Balaban J connectivity index is 1.50. The number of anilines is 1. The van der Waals surface area contributed by atoms with E-state index in [-0.39, 0.29) is 16.6 Å². The van der Waals surface area contributed by atoms with Crippen LogP contribution < -0.4 is 15.4 Å². The van der Waals surface area contributed by atoms with E-state index in [4.69, 9.17) is 17.0 Å². The quantitative estimate of drug-likeness (QED) is 0.536. The molecule has 0 aromatic heterocycles. The molecular formula is C21H24BrN3O4S2. The Kier molecular flexibility index (Phi) is 8.04. The Labute approximate surface area is 196 Å². The van der Waals surface area contributed by atoms with Gasteiger partial charge >= 0.3 is 0 Å². The predicted octanol–water partition coefficient (Wildman–Crippen LogP) is 3.69. The van der Waals surface area contributed by atoms with Crippen molar-refractivity contribution in [2.75, 3.05) is 25.0 Å². The van der Waals surface area contributed by atoms with Crippen LogP contribution in [0.15, 0.2) is 51.8 Å². The molecule has 31 heavy (non-hydrogen) atoms. The van der Waals surface area contributed by atoms with E-state index in [1.54, 1.807) is 12.1 Å². The minimum atomic E-state index is -3.46. The SMILES string of the molecule is CCc1ccc(OCC(=O)NC(=S)Nc2ccc(S(=O)(=O)N3CCCC3)cc2)c(Br)c1. The number of ether oxygens (including phenoxy) is 1. The van der Waals surface area contributed by atoms with Crippen molar-refractivity contribution >= 4 is 54.9 Å². The zero-order chi connectivity index (χ0) is 22.4. The number of rotatable bonds is 7. The summed E-state index contributed by atoms with van der Waals surface area (Å²) in [5, 5.41) is 5.52. The second-order valence-electron chi connectivity index (χ2n) is 7.04. The molecule has 0 aliphatic carbocycles. The standard InChI is InChI=1S/C21H24BrN3O4S2/c1-2-15-5-10-19(18(22)13-15)29-14-20(26)24-21(30)23-16-6-8-17(9-7-16)31(27,28)25-11-3-4-12-25/h5-10,13H,2-4,11-12,14H2,1H3,(H2,23,24,26,30). The van der Waals surface area contributed by atoms with Crippen LogP contribution in [0.3, 0.4) is 0 Å². The highest BCUT2D eigenvalue weighted by atomic mass is 79.9. The fourth-order valence-electron chi connectivity index (χ4n) is 3.14. The first kappa shape index (κ1) is 23.6. The lowest BCUT2D eigenvalue weighted by molar-refractivity contribution is -0.121. The monoisotopic (exact) mass is 525 g/mol. The molecule has 0 atom stereocenters. The topological polar surface area (TPSA) is 87.7 Å². The maximum Gasteiger partial charge on any atom is 0.264 e.